The van der Waals surface area contributed by atoms with E-state index in [-0.39, 0.29) is 12.4 Å². The highest BCUT2D eigenvalue weighted by Crippen LogP contribution is 2.02. The molecule has 0 aliphatic rings. The quantitative estimate of drug-likeness (QED) is 0.732. The largest absolute Gasteiger partial charge is 0.326 e. The van der Waals surface area contributed by atoms with E-state index in [0.717, 1.165) is 17.8 Å². The van der Waals surface area contributed by atoms with Gasteiger partial charge in [0.2, 0.25) is 0 Å². The third kappa shape index (κ3) is 2.20. The van der Waals surface area contributed by atoms with Crippen molar-refractivity contribution < 1.29 is 0 Å². The molecule has 0 radical (unpaired) electrons. The molecule has 0 aromatic carbocycles. The molecule has 0 saturated carbocycles. The fourth-order valence-corrected chi connectivity index (χ4v) is 0.921. The van der Waals surface area contributed by atoms with Crippen LogP contribution >= 0.6 is 12.4 Å². The predicted molar refractivity (Wildman–Crippen MR) is 47.8 cm³/mol. The average molecular weight is 176 g/mol. The monoisotopic (exact) mass is 175 g/mol. The molecule has 64 valence electrons. The van der Waals surface area contributed by atoms with Gasteiger partial charge in [0.15, 0.2) is 0 Å². The third-order valence-corrected chi connectivity index (χ3v) is 1.59. The molecule has 0 fully saturated rings. The normalized spacial score (nSPS) is 9.36. The molecule has 0 saturated heterocycles. The van der Waals surface area contributed by atoms with Crippen LogP contribution in [0.5, 0.6) is 0 Å². The molecule has 4 heteroatoms. The first-order valence-corrected chi connectivity index (χ1v) is 3.51. The SMILES string of the molecule is CCn1cc(CN)c(C)n1.Cl. The Labute approximate surface area is 73.0 Å². The van der Waals surface area contributed by atoms with Crippen LogP contribution in [-0.2, 0) is 13.1 Å². The minimum Gasteiger partial charge on any atom is -0.326 e. The number of aryl methyl sites for hydroxylation is 2. The molecule has 0 bridgehead atoms. The molecule has 0 aliphatic carbocycles. The van der Waals surface area contributed by atoms with E-state index in [1.807, 2.05) is 17.8 Å². The van der Waals surface area contributed by atoms with Crippen molar-refractivity contribution in [2.75, 3.05) is 0 Å². The molecule has 3 nitrogen and oxygen atoms in total. The molecular formula is C7H14ClN3. The van der Waals surface area contributed by atoms with Crippen molar-refractivity contribution in [2.45, 2.75) is 26.9 Å². The summed E-state index contributed by atoms with van der Waals surface area (Å²) in [5, 5.41) is 4.24. The molecule has 0 atom stereocenters. The van der Waals surface area contributed by atoms with Gasteiger partial charge in [-0.1, -0.05) is 0 Å². The van der Waals surface area contributed by atoms with Crippen molar-refractivity contribution in [1.29, 1.82) is 0 Å². The first-order chi connectivity index (χ1) is 4.77. The van der Waals surface area contributed by atoms with E-state index in [0.29, 0.717) is 6.54 Å². The van der Waals surface area contributed by atoms with Crippen molar-refractivity contribution in [3.63, 3.8) is 0 Å². The lowest BCUT2D eigenvalue weighted by atomic mass is 10.3. The molecule has 1 heterocycles. The summed E-state index contributed by atoms with van der Waals surface area (Å²) in [6.45, 7) is 5.55. The van der Waals surface area contributed by atoms with E-state index in [1.165, 1.54) is 0 Å². The van der Waals surface area contributed by atoms with Crippen LogP contribution in [0.3, 0.4) is 0 Å². The zero-order valence-electron chi connectivity index (χ0n) is 6.87. The van der Waals surface area contributed by atoms with Gasteiger partial charge in [-0.15, -0.1) is 12.4 Å². The average Bonchev–Trinajstić information content (AvgIpc) is 2.30. The van der Waals surface area contributed by atoms with Crippen molar-refractivity contribution >= 4 is 12.4 Å². The lowest BCUT2D eigenvalue weighted by Gasteiger charge is -1.89. The van der Waals surface area contributed by atoms with E-state index in [1.54, 1.807) is 0 Å². The smallest absolute Gasteiger partial charge is 0.0638 e. The van der Waals surface area contributed by atoms with Gasteiger partial charge in [0.1, 0.15) is 0 Å². The summed E-state index contributed by atoms with van der Waals surface area (Å²) < 4.78 is 1.90. The number of nitrogens with zero attached hydrogens (tertiary/aromatic N) is 2. The maximum Gasteiger partial charge on any atom is 0.0638 e. The Morgan fingerprint density at radius 2 is 2.27 bits per heavy atom. The summed E-state index contributed by atoms with van der Waals surface area (Å²) in [6, 6.07) is 0. The molecule has 1 rings (SSSR count). The van der Waals surface area contributed by atoms with E-state index >= 15 is 0 Å². The Hall–Kier alpha value is -0.540. The van der Waals surface area contributed by atoms with Gasteiger partial charge in [0.05, 0.1) is 5.69 Å². The van der Waals surface area contributed by atoms with Crippen LogP contribution in [0.25, 0.3) is 0 Å². The lowest BCUT2D eigenvalue weighted by Crippen LogP contribution is -1.95. The first kappa shape index (κ1) is 10.5. The Morgan fingerprint density at radius 1 is 1.64 bits per heavy atom. The number of nitrogens with two attached hydrogens (primary N) is 1. The summed E-state index contributed by atoms with van der Waals surface area (Å²) in [4.78, 5) is 0. The molecule has 0 unspecified atom stereocenters. The molecule has 2 N–H and O–H groups in total. The maximum atomic E-state index is 5.47. The topological polar surface area (TPSA) is 43.8 Å². The summed E-state index contributed by atoms with van der Waals surface area (Å²) in [5.41, 5.74) is 7.65. The van der Waals surface area contributed by atoms with Crippen molar-refractivity contribution in [3.8, 4) is 0 Å². The fraction of sp³-hybridized carbons (Fsp3) is 0.571. The highest BCUT2D eigenvalue weighted by atomic mass is 35.5. The van der Waals surface area contributed by atoms with E-state index in [4.69, 9.17) is 5.73 Å². The van der Waals surface area contributed by atoms with E-state index in [2.05, 4.69) is 12.0 Å². The zero-order chi connectivity index (χ0) is 7.56. The second-order valence-electron chi connectivity index (χ2n) is 2.30. The van der Waals surface area contributed by atoms with Crippen LogP contribution in [0.15, 0.2) is 6.20 Å². The first-order valence-electron chi connectivity index (χ1n) is 3.51. The highest BCUT2D eigenvalue weighted by Gasteiger charge is 1.99. The van der Waals surface area contributed by atoms with Gasteiger partial charge in [0.25, 0.3) is 0 Å². The minimum atomic E-state index is 0. The summed E-state index contributed by atoms with van der Waals surface area (Å²) in [6.07, 6.45) is 2.00. The Balaban J connectivity index is 0.000001000. The second kappa shape index (κ2) is 4.36. The van der Waals surface area contributed by atoms with Crippen molar-refractivity contribution in [2.24, 2.45) is 5.73 Å². The number of rotatable bonds is 2. The standard InChI is InChI=1S/C7H13N3.ClH/c1-3-10-5-7(4-8)6(2)9-10;/h5H,3-4,8H2,1-2H3;1H. The zero-order valence-corrected chi connectivity index (χ0v) is 7.69. The van der Waals surface area contributed by atoms with E-state index < -0.39 is 0 Å². The number of hydrogen-bond acceptors (Lipinski definition) is 2. The van der Waals surface area contributed by atoms with Gasteiger partial charge < -0.3 is 5.73 Å². The number of aromatic nitrogens is 2. The van der Waals surface area contributed by atoms with Gasteiger partial charge in [-0.05, 0) is 13.8 Å². The van der Waals surface area contributed by atoms with Gasteiger partial charge in [0, 0.05) is 24.8 Å². The van der Waals surface area contributed by atoms with Crippen molar-refractivity contribution in [1.82, 2.24) is 9.78 Å². The predicted octanol–water partition coefficient (Wildman–Crippen LogP) is 1.09. The van der Waals surface area contributed by atoms with Crippen LogP contribution in [0, 0.1) is 6.92 Å². The summed E-state index contributed by atoms with van der Waals surface area (Å²) in [7, 11) is 0. The number of hydrogen-bond donors (Lipinski definition) is 1. The third-order valence-electron chi connectivity index (χ3n) is 1.59. The maximum absolute atomic E-state index is 5.47. The molecule has 0 amide bonds. The minimum absolute atomic E-state index is 0. The van der Waals surface area contributed by atoms with Gasteiger partial charge in [-0.3, -0.25) is 4.68 Å². The molecular weight excluding hydrogens is 162 g/mol. The summed E-state index contributed by atoms with van der Waals surface area (Å²) in [5.74, 6) is 0. The number of halogens is 1. The van der Waals surface area contributed by atoms with E-state index in [9.17, 15) is 0 Å². The van der Waals surface area contributed by atoms with Crippen LogP contribution in [-0.4, -0.2) is 9.78 Å². The van der Waals surface area contributed by atoms with Gasteiger partial charge >= 0.3 is 0 Å². The second-order valence-corrected chi connectivity index (χ2v) is 2.30. The molecule has 1 aromatic heterocycles. The van der Waals surface area contributed by atoms with Crippen LogP contribution in [0.2, 0.25) is 0 Å². The molecule has 0 spiro atoms. The van der Waals surface area contributed by atoms with Gasteiger partial charge in [-0.25, -0.2) is 0 Å². The molecule has 11 heavy (non-hydrogen) atoms. The Bertz CT molecular complexity index is 219. The van der Waals surface area contributed by atoms with Crippen LogP contribution in [0.1, 0.15) is 18.2 Å². The Morgan fingerprint density at radius 3 is 2.55 bits per heavy atom. The summed E-state index contributed by atoms with van der Waals surface area (Å²) >= 11 is 0. The lowest BCUT2D eigenvalue weighted by molar-refractivity contribution is 0.653. The van der Waals surface area contributed by atoms with Gasteiger partial charge in [-0.2, -0.15) is 5.10 Å². The fourth-order valence-electron chi connectivity index (χ4n) is 0.921. The van der Waals surface area contributed by atoms with Crippen LogP contribution in [0.4, 0.5) is 0 Å². The molecule has 1 aromatic rings. The highest BCUT2D eigenvalue weighted by molar-refractivity contribution is 5.85. The van der Waals surface area contributed by atoms with Crippen LogP contribution < -0.4 is 5.73 Å². The Kier molecular flexibility index (Phi) is 4.15. The molecule has 0 aliphatic heterocycles. The van der Waals surface area contributed by atoms with Crippen molar-refractivity contribution in [3.05, 3.63) is 17.5 Å².